The minimum atomic E-state index is 0.423. The molecular weight excluding hydrogens is 631 g/mol. The third-order valence-corrected chi connectivity index (χ3v) is 10.5. The van der Waals surface area contributed by atoms with Crippen LogP contribution in [0.5, 0.6) is 0 Å². The van der Waals surface area contributed by atoms with Crippen molar-refractivity contribution in [2.75, 3.05) is 4.90 Å². The van der Waals surface area contributed by atoms with Crippen LogP contribution in [0.15, 0.2) is 170 Å². The molecule has 0 saturated carbocycles. The molecule has 0 amide bonds. The molecule has 0 fully saturated rings. The number of fused-ring (bicyclic) bond motifs is 7. The van der Waals surface area contributed by atoms with E-state index < -0.39 is 0 Å². The Morgan fingerprint density at radius 2 is 1.02 bits per heavy atom. The highest BCUT2D eigenvalue weighted by molar-refractivity contribution is 6.11. The van der Waals surface area contributed by atoms with E-state index in [1.165, 1.54) is 66.1 Å². The highest BCUT2D eigenvalue weighted by atomic mass is 15.1. The molecule has 7 aromatic carbocycles. The van der Waals surface area contributed by atoms with Gasteiger partial charge in [-0.25, -0.2) is 0 Å². The number of hydrogen-bond acceptors (Lipinski definition) is 1. The van der Waals surface area contributed by atoms with E-state index in [1.807, 2.05) is 13.8 Å². The third-order valence-electron chi connectivity index (χ3n) is 10.5. The van der Waals surface area contributed by atoms with Crippen LogP contribution in [0, 0.1) is 0 Å². The van der Waals surface area contributed by atoms with Crippen LogP contribution in [0.2, 0.25) is 0 Å². The lowest BCUT2D eigenvalue weighted by molar-refractivity contribution is 0.723. The van der Waals surface area contributed by atoms with Gasteiger partial charge < -0.3 is 14.0 Å². The molecule has 52 heavy (non-hydrogen) atoms. The van der Waals surface area contributed by atoms with E-state index in [-0.39, 0.29) is 0 Å². The first-order valence-electron chi connectivity index (χ1n) is 18.5. The van der Waals surface area contributed by atoms with Crippen LogP contribution in [0.3, 0.4) is 0 Å². The number of para-hydroxylation sites is 3. The second-order valence-corrected chi connectivity index (χ2v) is 13.5. The average molecular weight is 672 g/mol. The summed E-state index contributed by atoms with van der Waals surface area (Å²) in [6, 6.07) is 59.7. The van der Waals surface area contributed by atoms with E-state index in [9.17, 15) is 0 Å². The van der Waals surface area contributed by atoms with E-state index in [1.54, 1.807) is 0 Å². The Morgan fingerprint density at radius 3 is 1.75 bits per heavy atom. The van der Waals surface area contributed by atoms with E-state index in [2.05, 4.69) is 197 Å². The summed E-state index contributed by atoms with van der Waals surface area (Å²) >= 11 is 0. The molecule has 2 heterocycles. The van der Waals surface area contributed by atoms with Gasteiger partial charge in [0.25, 0.3) is 0 Å². The Kier molecular flexibility index (Phi) is 7.97. The average Bonchev–Trinajstić information content (AvgIpc) is 3.73. The maximum Gasteiger partial charge on any atom is 0.0542 e. The summed E-state index contributed by atoms with van der Waals surface area (Å²) in [5.41, 5.74) is 12.1. The van der Waals surface area contributed by atoms with Gasteiger partial charge in [0.05, 0.1) is 16.6 Å². The maximum absolute atomic E-state index is 2.48. The van der Waals surface area contributed by atoms with Crippen molar-refractivity contribution in [3.05, 3.63) is 181 Å². The van der Waals surface area contributed by atoms with Crippen LogP contribution < -0.4 is 4.90 Å². The fraction of sp³-hybridized carbons (Fsp3) is 0.102. The largest absolute Gasteiger partial charge is 0.313 e. The molecule has 0 radical (unpaired) electrons. The first-order valence-corrected chi connectivity index (χ1v) is 18.5. The minimum absolute atomic E-state index is 0.423. The molecule has 252 valence electrons. The van der Waals surface area contributed by atoms with Crippen molar-refractivity contribution in [3.63, 3.8) is 0 Å². The Labute approximate surface area is 305 Å². The minimum Gasteiger partial charge on any atom is -0.313 e. The number of hydrogen-bond donors (Lipinski definition) is 0. The first kappa shape index (κ1) is 31.6. The van der Waals surface area contributed by atoms with Crippen molar-refractivity contribution in [2.24, 2.45) is 0 Å². The normalized spacial score (nSPS) is 13.7. The van der Waals surface area contributed by atoms with Crippen molar-refractivity contribution >= 4 is 66.6 Å². The molecule has 3 heteroatoms. The fourth-order valence-electron chi connectivity index (χ4n) is 8.20. The Balaban J connectivity index is 0.00000177. The van der Waals surface area contributed by atoms with Gasteiger partial charge in [0.1, 0.15) is 0 Å². The molecule has 9 aromatic rings. The van der Waals surface area contributed by atoms with Crippen LogP contribution in [0.25, 0.3) is 60.9 Å². The van der Waals surface area contributed by atoms with Gasteiger partial charge in [0, 0.05) is 61.8 Å². The zero-order chi connectivity index (χ0) is 35.2. The van der Waals surface area contributed by atoms with Crippen LogP contribution in [-0.2, 0) is 0 Å². The highest BCUT2D eigenvalue weighted by Crippen LogP contribution is 2.44. The molecule has 0 spiro atoms. The second kappa shape index (κ2) is 13.1. The Bertz CT molecular complexity index is 2750. The summed E-state index contributed by atoms with van der Waals surface area (Å²) in [6.45, 7) is 6.35. The second-order valence-electron chi connectivity index (χ2n) is 13.5. The highest BCUT2D eigenvalue weighted by Gasteiger charge is 2.25. The standard InChI is InChI=1S/C47H35N3.C2H6/c1-32-13-12-21-41-43-31-39(26-28-46(43)50(47(32)41)36-18-6-3-7-19-36)48(37-24-23-33-14-8-9-15-34(33)29-37)38-25-27-45-42(30-38)40-20-10-11-22-44(40)49(45)35-16-4-2-5-17-35;1-2/h2-12,14-32H,13H2,1H3;1-2H3. The predicted octanol–water partition coefficient (Wildman–Crippen LogP) is 13.9. The van der Waals surface area contributed by atoms with Gasteiger partial charge in [-0.05, 0) is 96.1 Å². The lowest BCUT2D eigenvalue weighted by atomic mass is 9.93. The van der Waals surface area contributed by atoms with Crippen molar-refractivity contribution < 1.29 is 0 Å². The summed E-state index contributed by atoms with van der Waals surface area (Å²) in [4.78, 5) is 2.43. The zero-order valence-electron chi connectivity index (χ0n) is 29.9. The molecular formula is C49H41N3. The van der Waals surface area contributed by atoms with Gasteiger partial charge in [-0.15, -0.1) is 0 Å². The topological polar surface area (TPSA) is 13.1 Å². The van der Waals surface area contributed by atoms with Crippen molar-refractivity contribution in [2.45, 2.75) is 33.1 Å². The number of anilines is 3. The van der Waals surface area contributed by atoms with Gasteiger partial charge in [-0.3, -0.25) is 0 Å². The van der Waals surface area contributed by atoms with Gasteiger partial charge in [0.15, 0.2) is 0 Å². The van der Waals surface area contributed by atoms with E-state index in [0.717, 1.165) is 23.5 Å². The van der Waals surface area contributed by atoms with Crippen molar-refractivity contribution in [1.29, 1.82) is 0 Å². The Hall–Kier alpha value is -6.32. The predicted molar refractivity (Wildman–Crippen MR) is 223 cm³/mol. The van der Waals surface area contributed by atoms with Crippen LogP contribution in [-0.4, -0.2) is 9.13 Å². The molecule has 1 aliphatic carbocycles. The van der Waals surface area contributed by atoms with E-state index in [0.29, 0.717) is 5.92 Å². The van der Waals surface area contributed by atoms with E-state index >= 15 is 0 Å². The van der Waals surface area contributed by atoms with Crippen LogP contribution in [0.4, 0.5) is 17.1 Å². The molecule has 0 aliphatic heterocycles. The Morgan fingerprint density at radius 1 is 0.481 bits per heavy atom. The third kappa shape index (κ3) is 5.12. The maximum atomic E-state index is 2.48. The lowest BCUT2D eigenvalue weighted by Gasteiger charge is -2.26. The van der Waals surface area contributed by atoms with E-state index in [4.69, 9.17) is 0 Å². The van der Waals surface area contributed by atoms with Crippen LogP contribution >= 0.6 is 0 Å². The summed E-state index contributed by atoms with van der Waals surface area (Å²) < 4.78 is 4.86. The van der Waals surface area contributed by atoms with Crippen molar-refractivity contribution in [1.82, 2.24) is 9.13 Å². The summed E-state index contributed by atoms with van der Waals surface area (Å²) in [6.07, 6.45) is 5.72. The fourth-order valence-corrected chi connectivity index (χ4v) is 8.20. The summed E-state index contributed by atoms with van der Waals surface area (Å²) in [5, 5.41) is 6.22. The number of benzene rings is 7. The summed E-state index contributed by atoms with van der Waals surface area (Å²) in [7, 11) is 0. The monoisotopic (exact) mass is 671 g/mol. The van der Waals surface area contributed by atoms with Gasteiger partial charge >= 0.3 is 0 Å². The van der Waals surface area contributed by atoms with Gasteiger partial charge in [-0.1, -0.05) is 118 Å². The molecule has 0 bridgehead atoms. The number of allylic oxidation sites excluding steroid dienone is 1. The van der Waals surface area contributed by atoms with Gasteiger partial charge in [0.2, 0.25) is 0 Å². The first-order chi connectivity index (χ1) is 25.7. The number of aromatic nitrogens is 2. The number of rotatable bonds is 5. The molecule has 1 atom stereocenters. The molecule has 10 rings (SSSR count). The molecule has 0 N–H and O–H groups in total. The SMILES string of the molecule is CC.CC1CC=Cc2c1n(-c1ccccc1)c1ccc(N(c3ccc4ccccc4c3)c3ccc4c(c3)c3ccccc3n4-c3ccccc3)cc21. The lowest BCUT2D eigenvalue weighted by Crippen LogP contribution is -2.10. The van der Waals surface area contributed by atoms with Gasteiger partial charge in [-0.2, -0.15) is 0 Å². The zero-order valence-corrected chi connectivity index (χ0v) is 29.9. The number of nitrogens with zero attached hydrogens (tertiary/aromatic N) is 3. The quantitative estimate of drug-likeness (QED) is 0.177. The van der Waals surface area contributed by atoms with Crippen molar-refractivity contribution in [3.8, 4) is 11.4 Å². The molecule has 0 saturated heterocycles. The van der Waals surface area contributed by atoms with Crippen LogP contribution in [0.1, 0.15) is 44.4 Å². The molecule has 1 unspecified atom stereocenters. The smallest absolute Gasteiger partial charge is 0.0542 e. The summed E-state index contributed by atoms with van der Waals surface area (Å²) in [5.74, 6) is 0.423. The molecule has 3 nitrogen and oxygen atoms in total. The molecule has 2 aromatic heterocycles. The molecule has 1 aliphatic rings.